The summed E-state index contributed by atoms with van der Waals surface area (Å²) in [4.78, 5) is 14.7. The Kier molecular flexibility index (Phi) is 6.02. The highest BCUT2D eigenvalue weighted by molar-refractivity contribution is 5.94. The van der Waals surface area contributed by atoms with Gasteiger partial charge in [-0.1, -0.05) is 12.1 Å². The number of nitrogens with zero attached hydrogens (tertiary/aromatic N) is 3. The molecule has 6 heteroatoms. The first-order chi connectivity index (χ1) is 11.0. The summed E-state index contributed by atoms with van der Waals surface area (Å²) in [7, 11) is 0. The Morgan fingerprint density at radius 3 is 2.79 bits per heavy atom. The van der Waals surface area contributed by atoms with Crippen molar-refractivity contribution in [1.82, 2.24) is 20.0 Å². The number of piperazine rings is 1. The highest BCUT2D eigenvalue weighted by Crippen LogP contribution is 2.14. The minimum atomic E-state index is 0. The number of carbonyl (C=O) groups excluding carboxylic acids is 1. The molecule has 1 fully saturated rings. The zero-order valence-electron chi connectivity index (χ0n) is 14.5. The van der Waals surface area contributed by atoms with Crippen molar-refractivity contribution in [2.24, 2.45) is 0 Å². The van der Waals surface area contributed by atoms with Gasteiger partial charge in [0.25, 0.3) is 5.91 Å². The quantitative estimate of drug-likeness (QED) is 0.926. The van der Waals surface area contributed by atoms with Crippen molar-refractivity contribution in [3.8, 4) is 0 Å². The summed E-state index contributed by atoms with van der Waals surface area (Å²) in [5, 5.41) is 7.81. The Morgan fingerprint density at radius 1 is 1.33 bits per heavy atom. The summed E-state index contributed by atoms with van der Waals surface area (Å²) in [6, 6.07) is 10.2. The highest BCUT2D eigenvalue weighted by atomic mass is 35.5. The Hall–Kier alpha value is -1.85. The van der Waals surface area contributed by atoms with E-state index in [9.17, 15) is 4.79 Å². The van der Waals surface area contributed by atoms with Crippen LogP contribution in [0, 0.1) is 13.8 Å². The molecule has 24 heavy (non-hydrogen) atoms. The van der Waals surface area contributed by atoms with E-state index in [1.54, 1.807) is 0 Å². The van der Waals surface area contributed by atoms with Crippen LogP contribution in [0.1, 0.15) is 34.2 Å². The number of halogens is 1. The van der Waals surface area contributed by atoms with Crippen LogP contribution in [0.3, 0.4) is 0 Å². The molecule has 1 aromatic heterocycles. The van der Waals surface area contributed by atoms with Crippen molar-refractivity contribution in [2.75, 3.05) is 19.6 Å². The monoisotopic (exact) mass is 348 g/mol. The van der Waals surface area contributed by atoms with E-state index in [0.717, 1.165) is 42.1 Å². The molecule has 0 aliphatic carbocycles. The molecule has 1 amide bonds. The van der Waals surface area contributed by atoms with Crippen molar-refractivity contribution in [3.63, 3.8) is 0 Å². The number of benzene rings is 1. The number of aromatic nitrogens is 2. The van der Waals surface area contributed by atoms with Gasteiger partial charge in [-0.15, -0.1) is 12.4 Å². The Bertz CT molecular complexity index is 713. The predicted molar refractivity (Wildman–Crippen MR) is 97.9 cm³/mol. The topological polar surface area (TPSA) is 50.2 Å². The van der Waals surface area contributed by atoms with E-state index in [2.05, 4.69) is 36.4 Å². The fraction of sp³-hybridized carbons (Fsp3) is 0.444. The number of hydrogen-bond donors (Lipinski definition) is 1. The third-order valence-electron chi connectivity index (χ3n) is 4.37. The number of rotatable bonds is 3. The van der Waals surface area contributed by atoms with Gasteiger partial charge in [0, 0.05) is 36.9 Å². The molecule has 130 valence electrons. The molecule has 1 aliphatic heterocycles. The smallest absolute Gasteiger partial charge is 0.254 e. The molecule has 2 heterocycles. The van der Waals surface area contributed by atoms with E-state index in [4.69, 9.17) is 0 Å². The maximum atomic E-state index is 12.8. The van der Waals surface area contributed by atoms with Gasteiger partial charge in [-0.3, -0.25) is 9.48 Å². The third kappa shape index (κ3) is 3.97. The largest absolute Gasteiger partial charge is 0.333 e. The maximum Gasteiger partial charge on any atom is 0.254 e. The van der Waals surface area contributed by atoms with Gasteiger partial charge in [0.15, 0.2) is 0 Å². The highest BCUT2D eigenvalue weighted by Gasteiger charge is 2.24. The molecule has 2 aromatic rings. The van der Waals surface area contributed by atoms with Crippen molar-refractivity contribution in [1.29, 1.82) is 0 Å². The van der Waals surface area contributed by atoms with E-state index in [1.807, 2.05) is 34.7 Å². The molecule has 1 N–H and O–H groups in total. The Morgan fingerprint density at radius 2 is 2.12 bits per heavy atom. The van der Waals surface area contributed by atoms with Gasteiger partial charge < -0.3 is 10.2 Å². The summed E-state index contributed by atoms with van der Waals surface area (Å²) in [6.45, 7) is 9.31. The van der Waals surface area contributed by atoms with Crippen LogP contribution in [0.4, 0.5) is 0 Å². The average molecular weight is 349 g/mol. The number of carbonyl (C=O) groups is 1. The number of aryl methyl sites for hydroxylation is 2. The van der Waals surface area contributed by atoms with Crippen LogP contribution in [0.2, 0.25) is 0 Å². The summed E-state index contributed by atoms with van der Waals surface area (Å²) >= 11 is 0. The molecule has 5 nitrogen and oxygen atoms in total. The SMILES string of the molecule is Cc1cc(C)n(Cc2cccc(C(=O)N3CCNC[C@@H]3C)c2)n1.Cl. The zero-order chi connectivity index (χ0) is 16.4. The zero-order valence-corrected chi connectivity index (χ0v) is 15.3. The van der Waals surface area contributed by atoms with Crippen LogP contribution >= 0.6 is 12.4 Å². The van der Waals surface area contributed by atoms with Crippen LogP contribution in [0.25, 0.3) is 0 Å². The van der Waals surface area contributed by atoms with Gasteiger partial charge in [-0.25, -0.2) is 0 Å². The van der Waals surface area contributed by atoms with E-state index in [1.165, 1.54) is 0 Å². The summed E-state index contributed by atoms with van der Waals surface area (Å²) < 4.78 is 1.98. The molecular formula is C18H25ClN4O. The number of hydrogen-bond acceptors (Lipinski definition) is 3. The lowest BCUT2D eigenvalue weighted by Gasteiger charge is -2.34. The van der Waals surface area contributed by atoms with Gasteiger partial charge in [0.1, 0.15) is 0 Å². The summed E-state index contributed by atoms with van der Waals surface area (Å²) in [5.41, 5.74) is 4.02. The fourth-order valence-electron chi connectivity index (χ4n) is 3.12. The van der Waals surface area contributed by atoms with Crippen molar-refractivity contribution in [2.45, 2.75) is 33.4 Å². The van der Waals surface area contributed by atoms with Crippen molar-refractivity contribution >= 4 is 18.3 Å². The predicted octanol–water partition coefficient (Wildman–Crippen LogP) is 2.40. The van der Waals surface area contributed by atoms with E-state index >= 15 is 0 Å². The summed E-state index contributed by atoms with van der Waals surface area (Å²) in [5.74, 6) is 0.120. The molecule has 3 rings (SSSR count). The summed E-state index contributed by atoms with van der Waals surface area (Å²) in [6.07, 6.45) is 0. The Labute approximate surface area is 149 Å². The molecule has 0 spiro atoms. The standard InChI is InChI=1S/C18H24N4O.ClH/c1-13-9-14(2)22(20-13)12-16-5-4-6-17(10-16)18(23)21-8-7-19-11-15(21)3;/h4-6,9-10,15,19H,7-8,11-12H2,1-3H3;1H/t15-;/m0./s1. The lowest BCUT2D eigenvalue weighted by atomic mass is 10.1. The first-order valence-electron chi connectivity index (χ1n) is 8.16. The average Bonchev–Trinajstić information content (AvgIpc) is 2.85. The molecule has 0 unspecified atom stereocenters. The normalized spacial score (nSPS) is 17.5. The van der Waals surface area contributed by atoms with E-state index < -0.39 is 0 Å². The molecule has 1 aliphatic rings. The molecule has 1 aromatic carbocycles. The second-order valence-electron chi connectivity index (χ2n) is 6.34. The second kappa shape index (κ2) is 7.81. The van der Waals surface area contributed by atoms with Crippen LogP contribution < -0.4 is 5.32 Å². The molecule has 1 atom stereocenters. The minimum Gasteiger partial charge on any atom is -0.333 e. The van der Waals surface area contributed by atoms with Crippen LogP contribution in [0.15, 0.2) is 30.3 Å². The lowest BCUT2D eigenvalue weighted by molar-refractivity contribution is 0.0655. The molecule has 1 saturated heterocycles. The van der Waals surface area contributed by atoms with Gasteiger partial charge in [-0.2, -0.15) is 5.10 Å². The molecule has 0 bridgehead atoms. The maximum absolute atomic E-state index is 12.8. The number of nitrogens with one attached hydrogen (secondary N) is 1. The molecular weight excluding hydrogens is 324 g/mol. The Balaban J connectivity index is 0.00000208. The van der Waals surface area contributed by atoms with Crippen LogP contribution in [-0.2, 0) is 6.54 Å². The second-order valence-corrected chi connectivity index (χ2v) is 6.34. The fourth-order valence-corrected chi connectivity index (χ4v) is 3.12. The number of amides is 1. The molecule has 0 radical (unpaired) electrons. The van der Waals surface area contributed by atoms with E-state index in [0.29, 0.717) is 6.54 Å². The van der Waals surface area contributed by atoms with Crippen molar-refractivity contribution < 1.29 is 4.79 Å². The van der Waals surface area contributed by atoms with Crippen LogP contribution in [-0.4, -0.2) is 46.3 Å². The van der Waals surface area contributed by atoms with Gasteiger partial charge in [-0.05, 0) is 44.5 Å². The van der Waals surface area contributed by atoms with Crippen LogP contribution in [0.5, 0.6) is 0 Å². The molecule has 0 saturated carbocycles. The van der Waals surface area contributed by atoms with Gasteiger partial charge >= 0.3 is 0 Å². The lowest BCUT2D eigenvalue weighted by Crippen LogP contribution is -2.52. The van der Waals surface area contributed by atoms with E-state index in [-0.39, 0.29) is 24.4 Å². The third-order valence-corrected chi connectivity index (χ3v) is 4.37. The van der Waals surface area contributed by atoms with Gasteiger partial charge in [0.2, 0.25) is 0 Å². The van der Waals surface area contributed by atoms with Crippen molar-refractivity contribution in [3.05, 3.63) is 52.8 Å². The van der Waals surface area contributed by atoms with Gasteiger partial charge in [0.05, 0.1) is 12.2 Å². The minimum absolute atomic E-state index is 0. The first kappa shape index (κ1) is 18.5. The first-order valence-corrected chi connectivity index (χ1v) is 8.16.